The molecular formula is C16H26N2O2. The number of amides is 2. The number of benzene rings is 1. The Bertz CT molecular complexity index is 432. The Labute approximate surface area is 121 Å². The summed E-state index contributed by atoms with van der Waals surface area (Å²) >= 11 is 0. The van der Waals surface area contributed by atoms with Gasteiger partial charge in [0.25, 0.3) is 0 Å². The summed E-state index contributed by atoms with van der Waals surface area (Å²) in [6.07, 6.45) is 2.83. The van der Waals surface area contributed by atoms with Gasteiger partial charge in [0, 0.05) is 12.6 Å². The summed E-state index contributed by atoms with van der Waals surface area (Å²) in [7, 11) is 1.67. The topological polar surface area (TPSA) is 50.4 Å². The normalized spacial score (nSPS) is 11.8. The molecule has 1 rings (SSSR count). The summed E-state index contributed by atoms with van der Waals surface area (Å²) in [4.78, 5) is 11.7. The SMILES string of the molecule is CCC[C@@H](C)NC(=O)NCCc1cc(C)ccc1OC. The fourth-order valence-electron chi connectivity index (χ4n) is 2.19. The van der Waals surface area contributed by atoms with Gasteiger partial charge in [0.05, 0.1) is 7.11 Å². The van der Waals surface area contributed by atoms with E-state index >= 15 is 0 Å². The second-order valence-corrected chi connectivity index (χ2v) is 5.16. The number of carbonyl (C=O) groups is 1. The lowest BCUT2D eigenvalue weighted by Gasteiger charge is -2.14. The maximum Gasteiger partial charge on any atom is 0.315 e. The molecule has 0 saturated heterocycles. The summed E-state index contributed by atoms with van der Waals surface area (Å²) in [5.74, 6) is 0.872. The van der Waals surface area contributed by atoms with E-state index < -0.39 is 0 Å². The van der Waals surface area contributed by atoms with E-state index in [9.17, 15) is 4.79 Å². The first-order valence-corrected chi connectivity index (χ1v) is 7.24. The highest BCUT2D eigenvalue weighted by Crippen LogP contribution is 2.19. The molecule has 4 heteroatoms. The number of carbonyl (C=O) groups excluding carboxylic acids is 1. The van der Waals surface area contributed by atoms with Gasteiger partial charge in [-0.3, -0.25) is 0 Å². The van der Waals surface area contributed by atoms with Gasteiger partial charge in [0.15, 0.2) is 0 Å². The standard InChI is InChI=1S/C16H26N2O2/c1-5-6-13(3)18-16(19)17-10-9-14-11-12(2)7-8-15(14)20-4/h7-8,11,13H,5-6,9-10H2,1-4H3,(H2,17,18,19)/t13-/m1/s1. The van der Waals surface area contributed by atoms with E-state index in [1.165, 1.54) is 5.56 Å². The van der Waals surface area contributed by atoms with Crippen LogP contribution in [0.25, 0.3) is 0 Å². The van der Waals surface area contributed by atoms with Gasteiger partial charge in [-0.05, 0) is 38.3 Å². The summed E-state index contributed by atoms with van der Waals surface area (Å²) in [5.41, 5.74) is 2.32. The van der Waals surface area contributed by atoms with Crippen molar-refractivity contribution in [3.05, 3.63) is 29.3 Å². The highest BCUT2D eigenvalue weighted by atomic mass is 16.5. The monoisotopic (exact) mass is 278 g/mol. The predicted molar refractivity (Wildman–Crippen MR) is 82.3 cm³/mol. The van der Waals surface area contributed by atoms with Crippen LogP contribution in [-0.2, 0) is 6.42 Å². The quantitative estimate of drug-likeness (QED) is 0.805. The number of ether oxygens (including phenoxy) is 1. The van der Waals surface area contributed by atoms with E-state index in [0.717, 1.165) is 30.6 Å². The summed E-state index contributed by atoms with van der Waals surface area (Å²) in [6.45, 7) is 6.78. The van der Waals surface area contributed by atoms with Crippen molar-refractivity contribution in [1.29, 1.82) is 0 Å². The number of rotatable bonds is 7. The van der Waals surface area contributed by atoms with Crippen molar-refractivity contribution in [1.82, 2.24) is 10.6 Å². The zero-order chi connectivity index (χ0) is 15.0. The molecule has 0 aromatic heterocycles. The minimum Gasteiger partial charge on any atom is -0.496 e. The van der Waals surface area contributed by atoms with Gasteiger partial charge < -0.3 is 15.4 Å². The van der Waals surface area contributed by atoms with Gasteiger partial charge in [-0.15, -0.1) is 0 Å². The first kappa shape index (κ1) is 16.3. The number of nitrogens with one attached hydrogen (secondary N) is 2. The van der Waals surface area contributed by atoms with E-state index in [2.05, 4.69) is 30.5 Å². The largest absolute Gasteiger partial charge is 0.496 e. The molecule has 0 spiro atoms. The third kappa shape index (κ3) is 5.51. The van der Waals surface area contributed by atoms with Gasteiger partial charge >= 0.3 is 6.03 Å². The van der Waals surface area contributed by atoms with Gasteiger partial charge in [-0.1, -0.05) is 31.0 Å². The van der Waals surface area contributed by atoms with E-state index in [-0.39, 0.29) is 12.1 Å². The van der Waals surface area contributed by atoms with Crippen LogP contribution in [0.2, 0.25) is 0 Å². The summed E-state index contributed by atoms with van der Waals surface area (Å²) < 4.78 is 5.33. The maximum atomic E-state index is 11.7. The van der Waals surface area contributed by atoms with E-state index in [4.69, 9.17) is 4.74 Å². The van der Waals surface area contributed by atoms with Gasteiger partial charge in [-0.25, -0.2) is 4.79 Å². The second-order valence-electron chi connectivity index (χ2n) is 5.16. The lowest BCUT2D eigenvalue weighted by Crippen LogP contribution is -2.41. The van der Waals surface area contributed by atoms with Crippen molar-refractivity contribution >= 4 is 6.03 Å². The predicted octanol–water partition coefficient (Wildman–Crippen LogP) is 3.03. The molecule has 0 fully saturated rings. The van der Waals surface area contributed by atoms with Crippen LogP contribution in [0.1, 0.15) is 37.8 Å². The molecule has 112 valence electrons. The third-order valence-corrected chi connectivity index (χ3v) is 3.21. The molecule has 0 saturated carbocycles. The molecule has 0 aliphatic rings. The van der Waals surface area contributed by atoms with Gasteiger partial charge in [-0.2, -0.15) is 0 Å². The van der Waals surface area contributed by atoms with Crippen molar-refractivity contribution in [3.8, 4) is 5.75 Å². The van der Waals surface area contributed by atoms with Crippen LogP contribution in [0.15, 0.2) is 18.2 Å². The molecular weight excluding hydrogens is 252 g/mol. The third-order valence-electron chi connectivity index (χ3n) is 3.21. The highest BCUT2D eigenvalue weighted by molar-refractivity contribution is 5.74. The molecule has 0 heterocycles. The Morgan fingerprint density at radius 3 is 2.80 bits per heavy atom. The molecule has 0 aliphatic carbocycles. The summed E-state index contributed by atoms with van der Waals surface area (Å²) in [5, 5.41) is 5.81. The molecule has 1 aromatic carbocycles. The number of hydrogen-bond donors (Lipinski definition) is 2. The summed E-state index contributed by atoms with van der Waals surface area (Å²) in [6, 6.07) is 6.20. The molecule has 1 atom stereocenters. The lowest BCUT2D eigenvalue weighted by atomic mass is 10.1. The Kier molecular flexibility index (Phi) is 6.91. The Morgan fingerprint density at radius 2 is 2.15 bits per heavy atom. The number of urea groups is 1. The van der Waals surface area contributed by atoms with E-state index in [0.29, 0.717) is 6.54 Å². The molecule has 1 aromatic rings. The minimum atomic E-state index is -0.0995. The Hall–Kier alpha value is -1.71. The molecule has 0 radical (unpaired) electrons. The van der Waals surface area contributed by atoms with Crippen LogP contribution in [0.4, 0.5) is 4.79 Å². The zero-order valence-corrected chi connectivity index (χ0v) is 13.0. The fourth-order valence-corrected chi connectivity index (χ4v) is 2.19. The smallest absolute Gasteiger partial charge is 0.315 e. The molecule has 4 nitrogen and oxygen atoms in total. The molecule has 0 unspecified atom stereocenters. The molecule has 2 amide bonds. The van der Waals surface area contributed by atoms with Crippen LogP contribution in [0, 0.1) is 6.92 Å². The zero-order valence-electron chi connectivity index (χ0n) is 13.0. The highest BCUT2D eigenvalue weighted by Gasteiger charge is 2.07. The van der Waals surface area contributed by atoms with E-state index in [1.807, 2.05) is 19.1 Å². The first-order valence-electron chi connectivity index (χ1n) is 7.24. The van der Waals surface area contributed by atoms with Crippen LogP contribution >= 0.6 is 0 Å². The van der Waals surface area contributed by atoms with Crippen LogP contribution in [-0.4, -0.2) is 25.7 Å². The van der Waals surface area contributed by atoms with Crippen molar-refractivity contribution < 1.29 is 9.53 Å². The Morgan fingerprint density at radius 1 is 1.40 bits per heavy atom. The van der Waals surface area contributed by atoms with Crippen molar-refractivity contribution in [2.45, 2.75) is 46.1 Å². The van der Waals surface area contributed by atoms with Gasteiger partial charge in [0.2, 0.25) is 0 Å². The minimum absolute atomic E-state index is 0.0995. The molecule has 0 aliphatic heterocycles. The molecule has 2 N–H and O–H groups in total. The maximum absolute atomic E-state index is 11.7. The fraction of sp³-hybridized carbons (Fsp3) is 0.562. The average molecular weight is 278 g/mol. The van der Waals surface area contributed by atoms with Crippen molar-refractivity contribution in [3.63, 3.8) is 0 Å². The average Bonchev–Trinajstić information content (AvgIpc) is 2.39. The van der Waals surface area contributed by atoms with Crippen LogP contribution < -0.4 is 15.4 Å². The lowest BCUT2D eigenvalue weighted by molar-refractivity contribution is 0.237. The van der Waals surface area contributed by atoms with Crippen molar-refractivity contribution in [2.24, 2.45) is 0 Å². The molecule has 0 bridgehead atoms. The van der Waals surface area contributed by atoms with Gasteiger partial charge in [0.1, 0.15) is 5.75 Å². The van der Waals surface area contributed by atoms with Crippen molar-refractivity contribution in [2.75, 3.05) is 13.7 Å². The number of hydrogen-bond acceptors (Lipinski definition) is 2. The molecule has 20 heavy (non-hydrogen) atoms. The first-order chi connectivity index (χ1) is 9.56. The number of aryl methyl sites for hydroxylation is 1. The second kappa shape index (κ2) is 8.46. The van der Waals surface area contributed by atoms with E-state index in [1.54, 1.807) is 7.11 Å². The number of methoxy groups -OCH3 is 1. The Balaban J connectivity index is 2.40. The van der Waals surface area contributed by atoms with Crippen LogP contribution in [0.3, 0.4) is 0 Å². The van der Waals surface area contributed by atoms with Crippen LogP contribution in [0.5, 0.6) is 5.75 Å².